The molecule has 0 bridgehead atoms. The predicted octanol–water partition coefficient (Wildman–Crippen LogP) is -1.38. The summed E-state index contributed by atoms with van der Waals surface area (Å²) >= 11 is 0. The largest absolute Gasteiger partial charge is 0.392 e. The van der Waals surface area contributed by atoms with Crippen molar-refractivity contribution in [2.75, 3.05) is 6.54 Å². The van der Waals surface area contributed by atoms with Crippen LogP contribution in [0.1, 0.15) is 19.0 Å². The second-order valence-electron chi connectivity index (χ2n) is 3.58. The van der Waals surface area contributed by atoms with Gasteiger partial charge in [0.2, 0.25) is 5.91 Å². The third kappa shape index (κ3) is 4.37. The Kier molecular flexibility index (Phi) is 4.87. The van der Waals surface area contributed by atoms with Gasteiger partial charge >= 0.3 is 0 Å². The Morgan fingerprint density at radius 2 is 2.50 bits per heavy atom. The first-order chi connectivity index (χ1) is 7.61. The third-order valence-electron chi connectivity index (χ3n) is 1.96. The maximum absolute atomic E-state index is 11.3. The van der Waals surface area contributed by atoms with Crippen LogP contribution in [0.25, 0.3) is 0 Å². The summed E-state index contributed by atoms with van der Waals surface area (Å²) in [4.78, 5) is 11.3. The molecule has 90 valence electrons. The summed E-state index contributed by atoms with van der Waals surface area (Å²) in [6.07, 6.45) is 1.49. The molecule has 0 spiro atoms. The molecule has 0 radical (unpaired) electrons. The van der Waals surface area contributed by atoms with Crippen LogP contribution in [0.4, 0.5) is 0 Å². The minimum absolute atomic E-state index is 0.120. The lowest BCUT2D eigenvalue weighted by atomic mass is 10.3. The van der Waals surface area contributed by atoms with Crippen LogP contribution in [-0.2, 0) is 17.9 Å². The number of aromatic nitrogens is 3. The van der Waals surface area contributed by atoms with Gasteiger partial charge in [-0.15, -0.1) is 5.10 Å². The summed E-state index contributed by atoms with van der Waals surface area (Å²) in [5.41, 5.74) is 6.08. The number of rotatable bonds is 6. The van der Waals surface area contributed by atoms with Crippen LogP contribution in [0, 0.1) is 0 Å². The topological polar surface area (TPSA) is 106 Å². The van der Waals surface area contributed by atoms with Crippen molar-refractivity contribution >= 4 is 5.91 Å². The second kappa shape index (κ2) is 6.19. The van der Waals surface area contributed by atoms with Gasteiger partial charge in [0.15, 0.2) is 0 Å². The summed E-state index contributed by atoms with van der Waals surface area (Å²) in [5, 5.41) is 19.2. The minimum atomic E-state index is -0.529. The Morgan fingerprint density at radius 3 is 3.06 bits per heavy atom. The highest BCUT2D eigenvalue weighted by atomic mass is 16.3. The SMILES string of the molecule is CC(O)CNC(=O)CCn1cc(CN)nn1. The molecule has 7 heteroatoms. The van der Waals surface area contributed by atoms with E-state index in [1.165, 1.54) is 0 Å². The van der Waals surface area contributed by atoms with E-state index in [1.807, 2.05) is 0 Å². The van der Waals surface area contributed by atoms with Gasteiger partial charge in [-0.2, -0.15) is 0 Å². The first-order valence-corrected chi connectivity index (χ1v) is 5.15. The van der Waals surface area contributed by atoms with Gasteiger partial charge in [-0.3, -0.25) is 9.48 Å². The Hall–Kier alpha value is -1.47. The second-order valence-corrected chi connectivity index (χ2v) is 3.58. The molecule has 4 N–H and O–H groups in total. The highest BCUT2D eigenvalue weighted by molar-refractivity contribution is 5.75. The average Bonchev–Trinajstić information content (AvgIpc) is 2.71. The maximum Gasteiger partial charge on any atom is 0.221 e. The molecule has 0 aliphatic heterocycles. The molecule has 7 nitrogen and oxygen atoms in total. The van der Waals surface area contributed by atoms with E-state index in [9.17, 15) is 4.79 Å². The lowest BCUT2D eigenvalue weighted by Gasteiger charge is -2.06. The molecule has 1 amide bonds. The molecule has 0 saturated carbocycles. The number of nitrogens with zero attached hydrogens (tertiary/aromatic N) is 3. The molecular weight excluding hydrogens is 210 g/mol. The molecule has 1 unspecified atom stereocenters. The van der Waals surface area contributed by atoms with Gasteiger partial charge in [-0.25, -0.2) is 0 Å². The van der Waals surface area contributed by atoms with Crippen LogP contribution in [0.5, 0.6) is 0 Å². The lowest BCUT2D eigenvalue weighted by molar-refractivity contribution is -0.121. The summed E-state index contributed by atoms with van der Waals surface area (Å²) in [5.74, 6) is -0.120. The van der Waals surface area contributed by atoms with Crippen molar-refractivity contribution in [1.82, 2.24) is 20.3 Å². The minimum Gasteiger partial charge on any atom is -0.392 e. The zero-order chi connectivity index (χ0) is 12.0. The number of carbonyl (C=O) groups is 1. The summed E-state index contributed by atoms with van der Waals surface area (Å²) in [6.45, 7) is 2.68. The van der Waals surface area contributed by atoms with E-state index in [2.05, 4.69) is 15.6 Å². The Morgan fingerprint density at radius 1 is 1.75 bits per heavy atom. The van der Waals surface area contributed by atoms with E-state index in [-0.39, 0.29) is 12.5 Å². The first kappa shape index (κ1) is 12.6. The van der Waals surface area contributed by atoms with Gasteiger partial charge in [-0.05, 0) is 6.92 Å². The lowest BCUT2D eigenvalue weighted by Crippen LogP contribution is -2.31. The van der Waals surface area contributed by atoms with Gasteiger partial charge in [0.25, 0.3) is 0 Å². The average molecular weight is 227 g/mol. The highest BCUT2D eigenvalue weighted by Gasteiger charge is 2.04. The van der Waals surface area contributed by atoms with Crippen LogP contribution in [-0.4, -0.2) is 38.7 Å². The van der Waals surface area contributed by atoms with Crippen molar-refractivity contribution in [2.45, 2.75) is 32.5 Å². The van der Waals surface area contributed by atoms with Crippen molar-refractivity contribution in [2.24, 2.45) is 5.73 Å². The maximum atomic E-state index is 11.3. The molecule has 1 aromatic heterocycles. The standard InChI is InChI=1S/C9H17N5O2/c1-7(15)5-11-9(16)2-3-14-6-8(4-10)12-13-14/h6-7,15H,2-5,10H2,1H3,(H,11,16). The number of aliphatic hydroxyl groups excluding tert-OH is 1. The van der Waals surface area contributed by atoms with E-state index in [0.717, 1.165) is 0 Å². The number of nitrogens with two attached hydrogens (primary N) is 1. The Balaban J connectivity index is 2.26. The van der Waals surface area contributed by atoms with Gasteiger partial charge in [0, 0.05) is 25.7 Å². The highest BCUT2D eigenvalue weighted by Crippen LogP contribution is 1.93. The van der Waals surface area contributed by atoms with Crippen LogP contribution in [0.15, 0.2) is 6.20 Å². The fraction of sp³-hybridized carbons (Fsp3) is 0.667. The third-order valence-corrected chi connectivity index (χ3v) is 1.96. The number of carbonyl (C=O) groups excluding carboxylic acids is 1. The zero-order valence-corrected chi connectivity index (χ0v) is 9.26. The van der Waals surface area contributed by atoms with Crippen molar-refractivity contribution in [3.05, 3.63) is 11.9 Å². The van der Waals surface area contributed by atoms with Crippen molar-refractivity contribution in [3.8, 4) is 0 Å². The van der Waals surface area contributed by atoms with Gasteiger partial charge < -0.3 is 16.2 Å². The number of aryl methyl sites for hydroxylation is 1. The predicted molar refractivity (Wildman–Crippen MR) is 57.2 cm³/mol. The Bertz CT molecular complexity index is 336. The van der Waals surface area contributed by atoms with E-state index in [1.54, 1.807) is 17.8 Å². The van der Waals surface area contributed by atoms with Crippen LogP contribution in [0.2, 0.25) is 0 Å². The van der Waals surface area contributed by atoms with Crippen LogP contribution in [0.3, 0.4) is 0 Å². The number of aliphatic hydroxyl groups is 1. The van der Waals surface area contributed by atoms with Crippen molar-refractivity contribution in [3.63, 3.8) is 0 Å². The molecule has 1 aromatic rings. The van der Waals surface area contributed by atoms with Crippen LogP contribution < -0.4 is 11.1 Å². The quantitative estimate of drug-likeness (QED) is 0.555. The van der Waals surface area contributed by atoms with Gasteiger partial charge in [0.05, 0.1) is 18.3 Å². The van der Waals surface area contributed by atoms with Crippen LogP contribution >= 0.6 is 0 Å². The molecule has 1 atom stereocenters. The summed E-state index contributed by atoms with van der Waals surface area (Å²) in [6, 6.07) is 0. The molecule has 0 aliphatic carbocycles. The fourth-order valence-corrected chi connectivity index (χ4v) is 1.11. The van der Waals surface area contributed by atoms with Crippen molar-refractivity contribution < 1.29 is 9.90 Å². The monoisotopic (exact) mass is 227 g/mol. The Labute approximate surface area is 93.6 Å². The van der Waals surface area contributed by atoms with Gasteiger partial charge in [0.1, 0.15) is 0 Å². The number of amides is 1. The van der Waals surface area contributed by atoms with E-state index in [4.69, 9.17) is 10.8 Å². The summed E-state index contributed by atoms with van der Waals surface area (Å²) < 4.78 is 1.57. The number of nitrogens with one attached hydrogen (secondary N) is 1. The normalized spacial score (nSPS) is 12.4. The fourth-order valence-electron chi connectivity index (χ4n) is 1.11. The molecule has 16 heavy (non-hydrogen) atoms. The molecule has 0 fully saturated rings. The van der Waals surface area contributed by atoms with E-state index < -0.39 is 6.10 Å². The molecule has 1 rings (SSSR count). The van der Waals surface area contributed by atoms with E-state index in [0.29, 0.717) is 25.2 Å². The molecule has 1 heterocycles. The first-order valence-electron chi connectivity index (χ1n) is 5.15. The molecule has 0 aromatic carbocycles. The molecular formula is C9H17N5O2. The van der Waals surface area contributed by atoms with Crippen molar-refractivity contribution in [1.29, 1.82) is 0 Å². The number of hydrogen-bond acceptors (Lipinski definition) is 5. The van der Waals surface area contributed by atoms with Gasteiger partial charge in [-0.1, -0.05) is 5.21 Å². The summed E-state index contributed by atoms with van der Waals surface area (Å²) in [7, 11) is 0. The smallest absolute Gasteiger partial charge is 0.221 e. The van der Waals surface area contributed by atoms with E-state index >= 15 is 0 Å². The number of hydrogen-bond donors (Lipinski definition) is 3. The molecule has 0 saturated heterocycles. The zero-order valence-electron chi connectivity index (χ0n) is 9.26. The molecule has 0 aliphatic rings.